The van der Waals surface area contributed by atoms with Crippen molar-refractivity contribution in [1.82, 2.24) is 10.6 Å². The minimum atomic E-state index is -0.163. The van der Waals surface area contributed by atoms with Crippen LogP contribution in [0.5, 0.6) is 0 Å². The Morgan fingerprint density at radius 3 is 2.65 bits per heavy atom. The summed E-state index contributed by atoms with van der Waals surface area (Å²) < 4.78 is 11.6. The number of carbonyl (C=O) groups is 1. The Kier molecular flexibility index (Phi) is 5.04. The molecule has 1 amide bonds. The third-order valence-electron chi connectivity index (χ3n) is 4.70. The van der Waals surface area contributed by atoms with Gasteiger partial charge in [-0.3, -0.25) is 4.79 Å². The van der Waals surface area contributed by atoms with E-state index in [1.807, 2.05) is 6.92 Å². The zero-order valence-corrected chi connectivity index (χ0v) is 13.0. The highest BCUT2D eigenvalue weighted by molar-refractivity contribution is 5.77. The summed E-state index contributed by atoms with van der Waals surface area (Å²) in [5.74, 6) is -0.00821. The van der Waals surface area contributed by atoms with Gasteiger partial charge in [0.25, 0.3) is 0 Å². The van der Waals surface area contributed by atoms with E-state index in [2.05, 4.69) is 24.5 Å². The van der Waals surface area contributed by atoms with Crippen LogP contribution in [-0.4, -0.2) is 49.5 Å². The molecule has 20 heavy (non-hydrogen) atoms. The van der Waals surface area contributed by atoms with E-state index in [9.17, 15) is 4.79 Å². The molecule has 0 aromatic carbocycles. The van der Waals surface area contributed by atoms with Gasteiger partial charge in [0, 0.05) is 25.7 Å². The van der Waals surface area contributed by atoms with Gasteiger partial charge in [-0.05, 0) is 32.6 Å². The second-order valence-corrected chi connectivity index (χ2v) is 6.34. The summed E-state index contributed by atoms with van der Waals surface area (Å²) in [6.45, 7) is 8.88. The average Bonchev–Trinajstić information content (AvgIpc) is 2.43. The zero-order chi connectivity index (χ0) is 14.6. The molecule has 2 heterocycles. The molecule has 2 aliphatic rings. The van der Waals surface area contributed by atoms with Gasteiger partial charge in [-0.15, -0.1) is 0 Å². The molecule has 1 atom stereocenters. The van der Waals surface area contributed by atoms with Crippen molar-refractivity contribution in [3.05, 3.63) is 0 Å². The molecule has 2 saturated heterocycles. The Hall–Kier alpha value is -0.650. The molecule has 5 nitrogen and oxygen atoms in total. The summed E-state index contributed by atoms with van der Waals surface area (Å²) in [7, 11) is 0. The van der Waals surface area contributed by atoms with Gasteiger partial charge in [0.2, 0.25) is 5.91 Å². The van der Waals surface area contributed by atoms with Crippen molar-refractivity contribution in [2.24, 2.45) is 0 Å². The fourth-order valence-electron chi connectivity index (χ4n) is 2.98. The molecule has 0 aliphatic carbocycles. The maximum absolute atomic E-state index is 12.0. The lowest BCUT2D eigenvalue weighted by Crippen LogP contribution is -2.60. The van der Waals surface area contributed by atoms with Crippen LogP contribution in [0.2, 0.25) is 0 Å². The lowest BCUT2D eigenvalue weighted by atomic mass is 9.86. The molecule has 0 aromatic heterocycles. The summed E-state index contributed by atoms with van der Waals surface area (Å²) in [4.78, 5) is 12.0. The summed E-state index contributed by atoms with van der Waals surface area (Å²) in [5, 5.41) is 6.26. The first-order valence-corrected chi connectivity index (χ1v) is 7.79. The minimum Gasteiger partial charge on any atom is -0.375 e. The van der Waals surface area contributed by atoms with Crippen LogP contribution in [0.3, 0.4) is 0 Å². The lowest BCUT2D eigenvalue weighted by Gasteiger charge is -2.41. The predicted molar refractivity (Wildman–Crippen MR) is 77.7 cm³/mol. The highest BCUT2D eigenvalue weighted by atomic mass is 16.5. The van der Waals surface area contributed by atoms with Crippen molar-refractivity contribution in [3.8, 4) is 0 Å². The Morgan fingerprint density at radius 2 is 2.10 bits per heavy atom. The van der Waals surface area contributed by atoms with E-state index in [1.54, 1.807) is 0 Å². The highest BCUT2D eigenvalue weighted by Crippen LogP contribution is 2.31. The van der Waals surface area contributed by atoms with Crippen LogP contribution in [0.25, 0.3) is 0 Å². The molecule has 0 saturated carbocycles. The first kappa shape index (κ1) is 15.7. The van der Waals surface area contributed by atoms with Crippen LogP contribution >= 0.6 is 0 Å². The standard InChI is InChI=1S/C15H28N2O3/c1-4-15(5-2)8-12(6-7-19-15)17-13(18)9-20-14(3)10-16-11-14/h12,16H,4-11H2,1-3H3,(H,17,18). The highest BCUT2D eigenvalue weighted by Gasteiger charge is 2.36. The Labute approximate surface area is 121 Å². The number of hydrogen-bond donors (Lipinski definition) is 2. The average molecular weight is 284 g/mol. The van der Waals surface area contributed by atoms with Crippen LogP contribution < -0.4 is 10.6 Å². The van der Waals surface area contributed by atoms with E-state index in [4.69, 9.17) is 9.47 Å². The molecule has 5 heteroatoms. The first-order chi connectivity index (χ1) is 9.51. The minimum absolute atomic E-state index is 0.00821. The molecular formula is C15H28N2O3. The molecule has 1 unspecified atom stereocenters. The van der Waals surface area contributed by atoms with Crippen molar-refractivity contribution in [3.63, 3.8) is 0 Å². The van der Waals surface area contributed by atoms with E-state index in [0.29, 0.717) is 0 Å². The second kappa shape index (κ2) is 6.41. The quantitative estimate of drug-likeness (QED) is 0.770. The van der Waals surface area contributed by atoms with Crippen LogP contribution in [-0.2, 0) is 14.3 Å². The third kappa shape index (κ3) is 3.71. The normalized spacial score (nSPS) is 27.6. The Bertz CT molecular complexity index is 338. The van der Waals surface area contributed by atoms with Crippen LogP contribution in [0.1, 0.15) is 46.5 Å². The third-order valence-corrected chi connectivity index (χ3v) is 4.70. The van der Waals surface area contributed by atoms with E-state index in [-0.39, 0.29) is 29.8 Å². The SMILES string of the molecule is CCC1(CC)CC(NC(=O)COC2(C)CNC2)CCO1. The van der Waals surface area contributed by atoms with Gasteiger partial charge in [-0.25, -0.2) is 0 Å². The molecular weight excluding hydrogens is 256 g/mol. The van der Waals surface area contributed by atoms with Crippen molar-refractivity contribution in [2.45, 2.75) is 63.7 Å². The molecule has 0 radical (unpaired) electrons. The van der Waals surface area contributed by atoms with Gasteiger partial charge < -0.3 is 20.1 Å². The van der Waals surface area contributed by atoms with Crippen LogP contribution in [0.15, 0.2) is 0 Å². The van der Waals surface area contributed by atoms with Gasteiger partial charge in [0.05, 0.1) is 11.2 Å². The lowest BCUT2D eigenvalue weighted by molar-refractivity contribution is -0.139. The van der Waals surface area contributed by atoms with Crippen molar-refractivity contribution in [1.29, 1.82) is 0 Å². The number of amides is 1. The van der Waals surface area contributed by atoms with Gasteiger partial charge in [0.15, 0.2) is 0 Å². The van der Waals surface area contributed by atoms with Crippen LogP contribution in [0.4, 0.5) is 0 Å². The molecule has 0 spiro atoms. The van der Waals surface area contributed by atoms with Gasteiger partial charge in [-0.2, -0.15) is 0 Å². The molecule has 2 fully saturated rings. The fourth-order valence-corrected chi connectivity index (χ4v) is 2.98. The van der Waals surface area contributed by atoms with E-state index in [0.717, 1.165) is 45.4 Å². The summed E-state index contributed by atoms with van der Waals surface area (Å²) in [5.41, 5.74) is -0.218. The topological polar surface area (TPSA) is 59.6 Å². The summed E-state index contributed by atoms with van der Waals surface area (Å²) in [6.07, 6.45) is 3.79. The molecule has 0 aromatic rings. The van der Waals surface area contributed by atoms with E-state index in [1.165, 1.54) is 0 Å². The van der Waals surface area contributed by atoms with Crippen LogP contribution in [0, 0.1) is 0 Å². The molecule has 116 valence electrons. The number of nitrogens with one attached hydrogen (secondary N) is 2. The van der Waals surface area contributed by atoms with E-state index >= 15 is 0 Å². The van der Waals surface area contributed by atoms with Crippen molar-refractivity contribution < 1.29 is 14.3 Å². The smallest absolute Gasteiger partial charge is 0.246 e. The maximum Gasteiger partial charge on any atom is 0.246 e. The largest absolute Gasteiger partial charge is 0.375 e. The Balaban J connectivity index is 1.76. The van der Waals surface area contributed by atoms with Gasteiger partial charge in [0.1, 0.15) is 6.61 Å². The van der Waals surface area contributed by atoms with Crippen molar-refractivity contribution >= 4 is 5.91 Å². The number of rotatable bonds is 6. The van der Waals surface area contributed by atoms with Gasteiger partial charge in [-0.1, -0.05) is 13.8 Å². The Morgan fingerprint density at radius 1 is 1.40 bits per heavy atom. The summed E-state index contributed by atoms with van der Waals surface area (Å²) >= 11 is 0. The number of hydrogen-bond acceptors (Lipinski definition) is 4. The second-order valence-electron chi connectivity index (χ2n) is 6.34. The van der Waals surface area contributed by atoms with E-state index < -0.39 is 0 Å². The van der Waals surface area contributed by atoms with Crippen molar-refractivity contribution in [2.75, 3.05) is 26.3 Å². The predicted octanol–water partition coefficient (Wildman–Crippen LogP) is 1.22. The first-order valence-electron chi connectivity index (χ1n) is 7.79. The molecule has 2 aliphatic heterocycles. The monoisotopic (exact) mass is 284 g/mol. The number of carbonyl (C=O) groups excluding carboxylic acids is 1. The fraction of sp³-hybridized carbons (Fsp3) is 0.933. The maximum atomic E-state index is 12.0. The summed E-state index contributed by atoms with van der Waals surface area (Å²) in [6, 6.07) is 0.215. The zero-order valence-electron chi connectivity index (χ0n) is 13.0. The molecule has 2 N–H and O–H groups in total. The van der Waals surface area contributed by atoms with Gasteiger partial charge >= 0.3 is 0 Å². The number of ether oxygens (including phenoxy) is 2. The molecule has 2 rings (SSSR count). The molecule has 0 bridgehead atoms.